The summed E-state index contributed by atoms with van der Waals surface area (Å²) in [4.78, 5) is 2.45. The van der Waals surface area contributed by atoms with Crippen LogP contribution in [0.15, 0.2) is 168 Å². The maximum Gasteiger partial charge on any atom is 0.135 e. The molecule has 0 spiro atoms. The van der Waals surface area contributed by atoms with E-state index in [1.165, 1.54) is 60.6 Å². The van der Waals surface area contributed by atoms with Gasteiger partial charge in [0.1, 0.15) is 11.2 Å². The molecule has 8 aromatic carbocycles. The molecule has 2 nitrogen and oxygen atoms in total. The van der Waals surface area contributed by atoms with E-state index in [0.29, 0.717) is 0 Å². The molecule has 9 aromatic rings. The van der Waals surface area contributed by atoms with Crippen molar-refractivity contribution in [3.05, 3.63) is 175 Å². The van der Waals surface area contributed by atoms with Gasteiger partial charge in [-0.25, -0.2) is 0 Å². The van der Waals surface area contributed by atoms with E-state index in [9.17, 15) is 0 Å². The summed E-state index contributed by atoms with van der Waals surface area (Å²) in [5.74, 6) is 0. The van der Waals surface area contributed by atoms with E-state index >= 15 is 0 Å². The molecule has 10 rings (SSSR count). The van der Waals surface area contributed by atoms with Crippen LogP contribution in [0.5, 0.6) is 0 Å². The van der Waals surface area contributed by atoms with E-state index in [1.807, 2.05) is 12.1 Å². The lowest BCUT2D eigenvalue weighted by atomic mass is 9.82. The predicted molar refractivity (Wildman–Crippen MR) is 206 cm³/mol. The molecule has 232 valence electrons. The first-order chi connectivity index (χ1) is 24.0. The second-order valence-corrected chi connectivity index (χ2v) is 13.8. The van der Waals surface area contributed by atoms with E-state index in [2.05, 4.69) is 170 Å². The van der Waals surface area contributed by atoms with Gasteiger partial charge in [-0.1, -0.05) is 129 Å². The lowest BCUT2D eigenvalue weighted by Crippen LogP contribution is -2.16. The quantitative estimate of drug-likeness (QED) is 0.181. The van der Waals surface area contributed by atoms with Crippen molar-refractivity contribution in [3.63, 3.8) is 0 Å². The van der Waals surface area contributed by atoms with Crippen molar-refractivity contribution >= 4 is 60.5 Å². The molecule has 1 aliphatic carbocycles. The average Bonchev–Trinajstić information content (AvgIpc) is 3.63. The maximum atomic E-state index is 6.12. The van der Waals surface area contributed by atoms with Crippen LogP contribution in [0.2, 0.25) is 0 Å². The standard InChI is InChI=1S/C47H33NO/c1-47(2)41-15-7-5-13-37(41)38-26-25-35(29-42(38)47)48(43-16-9-11-32-19-18-31-10-3-4-12-36(31)46(32)43)34-23-20-30(21-24-34)33-22-27-45-40(28-33)39-14-6-8-17-44(39)49-45/h3-29H,1-2H3. The van der Waals surface area contributed by atoms with Gasteiger partial charge < -0.3 is 9.32 Å². The van der Waals surface area contributed by atoms with Crippen LogP contribution in [0.3, 0.4) is 0 Å². The van der Waals surface area contributed by atoms with Crippen molar-refractivity contribution in [1.29, 1.82) is 0 Å². The molecule has 0 fully saturated rings. The Hall–Kier alpha value is -6.12. The number of nitrogens with zero attached hydrogens (tertiary/aromatic N) is 1. The molecule has 0 atom stereocenters. The zero-order valence-electron chi connectivity index (χ0n) is 27.4. The fourth-order valence-electron chi connectivity index (χ4n) is 8.19. The normalized spacial score (nSPS) is 13.3. The second kappa shape index (κ2) is 10.4. The fourth-order valence-corrected chi connectivity index (χ4v) is 8.19. The third-order valence-corrected chi connectivity index (χ3v) is 10.6. The fraction of sp³-hybridized carbons (Fsp3) is 0.0638. The number of fused-ring (bicyclic) bond motifs is 9. The van der Waals surface area contributed by atoms with Crippen molar-refractivity contribution in [2.45, 2.75) is 19.3 Å². The Kier molecular flexibility index (Phi) is 5.95. The monoisotopic (exact) mass is 627 g/mol. The van der Waals surface area contributed by atoms with Crippen LogP contribution in [0.4, 0.5) is 17.1 Å². The van der Waals surface area contributed by atoms with Crippen LogP contribution in [0.25, 0.3) is 65.7 Å². The molecule has 49 heavy (non-hydrogen) atoms. The number of furan rings is 1. The van der Waals surface area contributed by atoms with Gasteiger partial charge >= 0.3 is 0 Å². The zero-order valence-corrected chi connectivity index (χ0v) is 27.4. The zero-order chi connectivity index (χ0) is 32.7. The van der Waals surface area contributed by atoms with E-state index in [4.69, 9.17) is 4.42 Å². The minimum absolute atomic E-state index is 0.0984. The van der Waals surface area contributed by atoms with Crippen LogP contribution >= 0.6 is 0 Å². The Morgan fingerprint density at radius 1 is 0.449 bits per heavy atom. The Bertz CT molecular complexity index is 2750. The predicted octanol–water partition coefficient (Wildman–Crippen LogP) is 13.3. The first-order valence-electron chi connectivity index (χ1n) is 17.0. The van der Waals surface area contributed by atoms with Gasteiger partial charge in [0.25, 0.3) is 0 Å². The SMILES string of the molecule is CC1(C)c2ccccc2-c2ccc(N(c3ccc(-c4ccc5oc6ccccc6c5c4)cc3)c3cccc4ccc5ccccc5c34)cc21. The number of hydrogen-bond donors (Lipinski definition) is 0. The van der Waals surface area contributed by atoms with Gasteiger partial charge in [-0.2, -0.15) is 0 Å². The summed E-state index contributed by atoms with van der Waals surface area (Å²) < 4.78 is 6.12. The first kappa shape index (κ1) is 27.9. The number of benzene rings is 8. The molecule has 1 aromatic heterocycles. The molecule has 0 amide bonds. The Balaban J connectivity index is 1.16. The summed E-state index contributed by atoms with van der Waals surface area (Å²) in [6, 6.07) is 59.6. The Labute approximate surface area is 285 Å². The molecule has 0 saturated heterocycles. The molecular formula is C47H33NO. The molecule has 0 unspecified atom stereocenters. The minimum Gasteiger partial charge on any atom is -0.456 e. The average molecular weight is 628 g/mol. The smallest absolute Gasteiger partial charge is 0.135 e. The van der Waals surface area contributed by atoms with Crippen LogP contribution in [-0.4, -0.2) is 0 Å². The van der Waals surface area contributed by atoms with Crippen molar-refractivity contribution < 1.29 is 4.42 Å². The lowest BCUT2D eigenvalue weighted by molar-refractivity contribution is 0.660. The highest BCUT2D eigenvalue weighted by molar-refractivity contribution is 6.15. The second-order valence-electron chi connectivity index (χ2n) is 13.8. The molecule has 2 heteroatoms. The number of hydrogen-bond acceptors (Lipinski definition) is 2. The largest absolute Gasteiger partial charge is 0.456 e. The van der Waals surface area contributed by atoms with Gasteiger partial charge in [0.05, 0.1) is 5.69 Å². The summed E-state index contributed by atoms with van der Waals surface area (Å²) in [5.41, 5.74) is 12.9. The van der Waals surface area contributed by atoms with Crippen molar-refractivity contribution in [3.8, 4) is 22.3 Å². The number of para-hydroxylation sites is 1. The van der Waals surface area contributed by atoms with Crippen molar-refractivity contribution in [2.75, 3.05) is 4.90 Å². The molecule has 0 saturated carbocycles. The highest BCUT2D eigenvalue weighted by Gasteiger charge is 2.35. The third-order valence-electron chi connectivity index (χ3n) is 10.6. The van der Waals surface area contributed by atoms with Crippen LogP contribution < -0.4 is 4.90 Å². The number of anilines is 3. The Morgan fingerprint density at radius 3 is 2.02 bits per heavy atom. The van der Waals surface area contributed by atoms with E-state index in [1.54, 1.807) is 0 Å². The van der Waals surface area contributed by atoms with Crippen LogP contribution in [-0.2, 0) is 5.41 Å². The highest BCUT2D eigenvalue weighted by Crippen LogP contribution is 2.51. The van der Waals surface area contributed by atoms with Gasteiger partial charge in [-0.15, -0.1) is 0 Å². The van der Waals surface area contributed by atoms with E-state index in [-0.39, 0.29) is 5.41 Å². The molecular weight excluding hydrogens is 595 g/mol. The van der Waals surface area contributed by atoms with Crippen molar-refractivity contribution in [1.82, 2.24) is 0 Å². The summed E-state index contributed by atoms with van der Waals surface area (Å²) in [7, 11) is 0. The van der Waals surface area contributed by atoms with E-state index in [0.717, 1.165) is 33.3 Å². The Morgan fingerprint density at radius 2 is 1.12 bits per heavy atom. The van der Waals surface area contributed by atoms with Gasteiger partial charge in [-0.05, 0) is 98.1 Å². The van der Waals surface area contributed by atoms with Gasteiger partial charge in [0.15, 0.2) is 0 Å². The molecule has 1 aliphatic rings. The summed E-state index contributed by atoms with van der Waals surface area (Å²) >= 11 is 0. The van der Waals surface area contributed by atoms with Gasteiger partial charge in [0.2, 0.25) is 0 Å². The molecule has 0 radical (unpaired) electrons. The lowest BCUT2D eigenvalue weighted by Gasteiger charge is -2.29. The topological polar surface area (TPSA) is 16.4 Å². The summed E-state index contributed by atoms with van der Waals surface area (Å²) in [6.45, 7) is 4.71. The molecule has 1 heterocycles. The maximum absolute atomic E-state index is 6.12. The summed E-state index contributed by atoms with van der Waals surface area (Å²) in [5, 5.41) is 7.27. The molecule has 0 bridgehead atoms. The molecule has 0 aliphatic heterocycles. The number of rotatable bonds is 4. The molecule has 0 N–H and O–H groups in total. The first-order valence-corrected chi connectivity index (χ1v) is 17.0. The third kappa shape index (κ3) is 4.20. The van der Waals surface area contributed by atoms with Crippen molar-refractivity contribution in [2.24, 2.45) is 0 Å². The highest BCUT2D eigenvalue weighted by atomic mass is 16.3. The van der Waals surface area contributed by atoms with Gasteiger partial charge in [0, 0.05) is 32.9 Å². The van der Waals surface area contributed by atoms with Crippen LogP contribution in [0.1, 0.15) is 25.0 Å². The van der Waals surface area contributed by atoms with Gasteiger partial charge in [-0.3, -0.25) is 0 Å². The van der Waals surface area contributed by atoms with Crippen LogP contribution in [0, 0.1) is 0 Å². The summed E-state index contributed by atoms with van der Waals surface area (Å²) in [6.07, 6.45) is 0. The van der Waals surface area contributed by atoms with E-state index < -0.39 is 0 Å². The minimum atomic E-state index is -0.0984.